The second kappa shape index (κ2) is 4.42. The molecule has 0 aliphatic carbocycles. The topological polar surface area (TPSA) is 82.8 Å². The number of aromatic nitrogens is 4. The number of hydrogen-bond acceptors (Lipinski definition) is 5. The van der Waals surface area contributed by atoms with Gasteiger partial charge in [0.15, 0.2) is 11.5 Å². The molecule has 0 saturated carbocycles. The molecule has 0 spiro atoms. The Labute approximate surface area is 116 Å². The molecule has 3 rings (SSSR count). The average molecular weight is 271 g/mol. The molecule has 104 valence electrons. The van der Waals surface area contributed by atoms with Gasteiger partial charge >= 0.3 is 0 Å². The number of rotatable bonds is 3. The van der Waals surface area contributed by atoms with Crippen molar-refractivity contribution in [1.29, 1.82) is 0 Å². The first kappa shape index (κ1) is 12.8. The average Bonchev–Trinajstić information content (AvgIpc) is 3.05. The molecule has 0 radical (unpaired) electrons. The van der Waals surface area contributed by atoms with Gasteiger partial charge in [0.2, 0.25) is 0 Å². The Morgan fingerprint density at radius 2 is 2.10 bits per heavy atom. The van der Waals surface area contributed by atoms with Crippen LogP contribution in [0.3, 0.4) is 0 Å². The van der Waals surface area contributed by atoms with Crippen LogP contribution in [0.15, 0.2) is 28.8 Å². The SMILES string of the molecule is CCC(C)(N)c1noc(-c2nn(C)c3ccccc23)n1. The fourth-order valence-electron chi connectivity index (χ4n) is 2.08. The van der Waals surface area contributed by atoms with E-state index in [-0.39, 0.29) is 0 Å². The van der Waals surface area contributed by atoms with Crippen molar-refractivity contribution in [2.24, 2.45) is 12.8 Å². The molecule has 6 nitrogen and oxygen atoms in total. The molecule has 1 aromatic carbocycles. The predicted octanol–water partition coefficient (Wildman–Crippen LogP) is 2.21. The van der Waals surface area contributed by atoms with Crippen molar-refractivity contribution >= 4 is 10.9 Å². The van der Waals surface area contributed by atoms with E-state index in [4.69, 9.17) is 10.3 Å². The van der Waals surface area contributed by atoms with Gasteiger partial charge in [-0.25, -0.2) is 0 Å². The van der Waals surface area contributed by atoms with E-state index < -0.39 is 5.54 Å². The lowest BCUT2D eigenvalue weighted by Gasteiger charge is -2.16. The number of hydrogen-bond donors (Lipinski definition) is 1. The minimum atomic E-state index is -0.591. The predicted molar refractivity (Wildman–Crippen MR) is 75.8 cm³/mol. The van der Waals surface area contributed by atoms with Crippen molar-refractivity contribution in [3.8, 4) is 11.6 Å². The lowest BCUT2D eigenvalue weighted by molar-refractivity contribution is 0.378. The van der Waals surface area contributed by atoms with Crippen molar-refractivity contribution in [2.75, 3.05) is 0 Å². The highest BCUT2D eigenvalue weighted by Crippen LogP contribution is 2.28. The van der Waals surface area contributed by atoms with E-state index in [9.17, 15) is 0 Å². The van der Waals surface area contributed by atoms with Crippen LogP contribution in [0.25, 0.3) is 22.5 Å². The quantitative estimate of drug-likeness (QED) is 0.789. The van der Waals surface area contributed by atoms with Crippen molar-refractivity contribution < 1.29 is 4.52 Å². The number of nitrogens with zero attached hydrogens (tertiary/aromatic N) is 4. The molecule has 6 heteroatoms. The Bertz CT molecular complexity index is 756. The molecule has 0 aliphatic heterocycles. The van der Waals surface area contributed by atoms with Crippen LogP contribution in [0.2, 0.25) is 0 Å². The van der Waals surface area contributed by atoms with Gasteiger partial charge in [0.25, 0.3) is 5.89 Å². The second-order valence-electron chi connectivity index (χ2n) is 5.18. The minimum Gasteiger partial charge on any atom is -0.332 e. The van der Waals surface area contributed by atoms with Crippen LogP contribution in [0.5, 0.6) is 0 Å². The van der Waals surface area contributed by atoms with E-state index >= 15 is 0 Å². The summed E-state index contributed by atoms with van der Waals surface area (Å²) in [7, 11) is 1.89. The van der Waals surface area contributed by atoms with Gasteiger partial charge < -0.3 is 10.3 Å². The van der Waals surface area contributed by atoms with Crippen molar-refractivity contribution in [2.45, 2.75) is 25.8 Å². The molecule has 0 fully saturated rings. The van der Waals surface area contributed by atoms with Crippen molar-refractivity contribution in [3.63, 3.8) is 0 Å². The number of para-hydroxylation sites is 1. The molecule has 2 heterocycles. The first-order chi connectivity index (χ1) is 9.53. The molecular weight excluding hydrogens is 254 g/mol. The van der Waals surface area contributed by atoms with Gasteiger partial charge in [0.05, 0.1) is 11.1 Å². The first-order valence-electron chi connectivity index (χ1n) is 6.58. The number of benzene rings is 1. The van der Waals surface area contributed by atoms with Gasteiger partial charge in [-0.2, -0.15) is 10.1 Å². The molecule has 0 amide bonds. The fraction of sp³-hybridized carbons (Fsp3) is 0.357. The highest BCUT2D eigenvalue weighted by atomic mass is 16.5. The van der Waals surface area contributed by atoms with E-state index in [2.05, 4.69) is 15.2 Å². The third-order valence-corrected chi connectivity index (χ3v) is 3.63. The van der Waals surface area contributed by atoms with Crippen LogP contribution < -0.4 is 5.73 Å². The maximum atomic E-state index is 6.14. The lowest BCUT2D eigenvalue weighted by atomic mass is 10.0. The molecule has 0 bridgehead atoms. The summed E-state index contributed by atoms with van der Waals surface area (Å²) in [4.78, 5) is 4.41. The highest BCUT2D eigenvalue weighted by molar-refractivity contribution is 5.91. The highest BCUT2D eigenvalue weighted by Gasteiger charge is 2.26. The van der Waals surface area contributed by atoms with Crippen LogP contribution in [0, 0.1) is 0 Å². The number of nitrogens with two attached hydrogens (primary N) is 1. The number of aryl methyl sites for hydroxylation is 1. The molecule has 1 atom stereocenters. The van der Waals surface area contributed by atoms with Gasteiger partial charge in [-0.15, -0.1) is 0 Å². The standard InChI is InChI=1S/C14H17N5O/c1-4-14(2,15)13-16-12(20-18-13)11-9-7-5-6-8-10(9)19(3)17-11/h5-8H,4,15H2,1-3H3. The molecule has 2 aromatic heterocycles. The Kier molecular flexibility index (Phi) is 2.83. The van der Waals surface area contributed by atoms with E-state index in [1.54, 1.807) is 4.68 Å². The van der Waals surface area contributed by atoms with Crippen LogP contribution in [-0.4, -0.2) is 19.9 Å². The zero-order chi connectivity index (χ0) is 14.3. The van der Waals surface area contributed by atoms with Gasteiger partial charge in [0.1, 0.15) is 0 Å². The first-order valence-corrected chi connectivity index (χ1v) is 6.58. The summed E-state index contributed by atoms with van der Waals surface area (Å²) in [5.41, 5.74) is 7.26. The molecule has 1 unspecified atom stereocenters. The Morgan fingerprint density at radius 3 is 2.85 bits per heavy atom. The monoisotopic (exact) mass is 271 g/mol. The van der Waals surface area contributed by atoms with Gasteiger partial charge in [-0.1, -0.05) is 30.3 Å². The minimum absolute atomic E-state index is 0.405. The van der Waals surface area contributed by atoms with Gasteiger partial charge in [-0.3, -0.25) is 4.68 Å². The Morgan fingerprint density at radius 1 is 1.35 bits per heavy atom. The van der Waals surface area contributed by atoms with Crippen molar-refractivity contribution in [3.05, 3.63) is 30.1 Å². The summed E-state index contributed by atoms with van der Waals surface area (Å²) >= 11 is 0. The molecule has 20 heavy (non-hydrogen) atoms. The summed E-state index contributed by atoms with van der Waals surface area (Å²) in [5, 5.41) is 9.44. The van der Waals surface area contributed by atoms with E-state index in [1.165, 1.54) is 0 Å². The van der Waals surface area contributed by atoms with Crippen molar-refractivity contribution in [1.82, 2.24) is 19.9 Å². The van der Waals surface area contributed by atoms with E-state index in [0.29, 0.717) is 17.4 Å². The molecule has 3 aromatic rings. The zero-order valence-electron chi connectivity index (χ0n) is 11.8. The van der Waals surface area contributed by atoms with Crippen LogP contribution >= 0.6 is 0 Å². The molecule has 0 saturated heterocycles. The smallest absolute Gasteiger partial charge is 0.279 e. The summed E-state index contributed by atoms with van der Waals surface area (Å²) < 4.78 is 7.14. The normalized spacial score (nSPS) is 14.6. The Balaban J connectivity index is 2.13. The Hall–Kier alpha value is -2.21. The number of fused-ring (bicyclic) bond motifs is 1. The maximum absolute atomic E-state index is 6.14. The lowest BCUT2D eigenvalue weighted by Crippen LogP contribution is -2.33. The van der Waals surface area contributed by atoms with Crippen LogP contribution in [-0.2, 0) is 12.6 Å². The second-order valence-corrected chi connectivity index (χ2v) is 5.18. The van der Waals surface area contributed by atoms with Gasteiger partial charge in [-0.05, 0) is 19.4 Å². The third kappa shape index (κ3) is 1.89. The zero-order valence-corrected chi connectivity index (χ0v) is 11.8. The summed E-state index contributed by atoms with van der Waals surface area (Å²) in [6.45, 7) is 3.88. The largest absolute Gasteiger partial charge is 0.332 e. The summed E-state index contributed by atoms with van der Waals surface area (Å²) in [6, 6.07) is 7.93. The summed E-state index contributed by atoms with van der Waals surface area (Å²) in [5.74, 6) is 0.909. The maximum Gasteiger partial charge on any atom is 0.279 e. The van der Waals surface area contributed by atoms with Gasteiger partial charge in [0, 0.05) is 12.4 Å². The van der Waals surface area contributed by atoms with Crippen LogP contribution in [0.1, 0.15) is 26.1 Å². The molecule has 0 aliphatic rings. The van der Waals surface area contributed by atoms with Crippen LogP contribution in [0.4, 0.5) is 0 Å². The fourth-order valence-corrected chi connectivity index (χ4v) is 2.08. The van der Waals surface area contributed by atoms with E-state index in [1.807, 2.05) is 45.2 Å². The molecule has 2 N–H and O–H groups in total. The summed E-state index contributed by atoms with van der Waals surface area (Å²) in [6.07, 6.45) is 0.731. The van der Waals surface area contributed by atoms with E-state index in [0.717, 1.165) is 17.3 Å². The molecular formula is C14H17N5O. The third-order valence-electron chi connectivity index (χ3n) is 3.63.